The molecule has 4 rings (SSSR count). The molecule has 3 aromatic rings. The predicted molar refractivity (Wildman–Crippen MR) is 121 cm³/mol. The molecule has 1 N–H and O–H groups in total. The Morgan fingerprint density at radius 3 is 2.57 bits per heavy atom. The van der Waals surface area contributed by atoms with Crippen molar-refractivity contribution in [2.24, 2.45) is 0 Å². The van der Waals surface area contributed by atoms with Crippen molar-refractivity contribution in [1.29, 1.82) is 0 Å². The molecule has 2 aromatic carbocycles. The number of carbonyl (C=O) groups excluding carboxylic acids is 2. The monoisotopic (exact) mass is 404 g/mol. The van der Waals surface area contributed by atoms with Gasteiger partial charge in [-0.25, -0.2) is 4.79 Å². The van der Waals surface area contributed by atoms with Crippen LogP contribution in [0.4, 0.5) is 4.79 Å². The molecule has 5 nitrogen and oxygen atoms in total. The van der Waals surface area contributed by atoms with E-state index >= 15 is 0 Å². The van der Waals surface area contributed by atoms with E-state index in [1.54, 1.807) is 6.92 Å². The van der Waals surface area contributed by atoms with Gasteiger partial charge in [-0.15, -0.1) is 0 Å². The summed E-state index contributed by atoms with van der Waals surface area (Å²) in [4.78, 5) is 24.0. The number of benzene rings is 2. The molecule has 0 fully saturated rings. The highest BCUT2D eigenvalue weighted by Crippen LogP contribution is 2.40. The minimum Gasteiger partial charge on any atom is -0.444 e. The zero-order chi connectivity index (χ0) is 21.6. The minimum atomic E-state index is -0.525. The lowest BCUT2D eigenvalue weighted by molar-refractivity contribution is 0.0526. The third-order valence-corrected chi connectivity index (χ3v) is 5.61. The number of hydrogen-bond donors (Lipinski definition) is 1. The van der Waals surface area contributed by atoms with Crippen LogP contribution >= 0.6 is 0 Å². The number of aryl methyl sites for hydroxylation is 1. The number of ether oxygens (including phenoxy) is 1. The van der Waals surface area contributed by atoms with Gasteiger partial charge in [0.25, 0.3) is 0 Å². The molecule has 0 spiro atoms. The standard InChI is InChI=1S/C25H28N2O3/c1-15-6-8-19-18(15)9-11-22-23(19)20-14-17(16(2)28)7-10-21(20)27(22)13-12-26-24(29)30-25(3,4)5/h7,9-11,14H,1,6,8,12-13H2,2-5H3,(H,26,29). The van der Waals surface area contributed by atoms with E-state index in [-0.39, 0.29) is 5.78 Å². The molecule has 1 aliphatic carbocycles. The van der Waals surface area contributed by atoms with Crippen molar-refractivity contribution < 1.29 is 14.3 Å². The third kappa shape index (κ3) is 3.60. The molecule has 156 valence electrons. The van der Waals surface area contributed by atoms with Crippen LogP contribution in [-0.4, -0.2) is 28.6 Å². The summed E-state index contributed by atoms with van der Waals surface area (Å²) in [5.74, 6) is 0.0568. The van der Waals surface area contributed by atoms with Gasteiger partial charge in [0.05, 0.1) is 0 Å². The molecule has 5 heteroatoms. The maximum atomic E-state index is 12.0. The second-order valence-electron chi connectivity index (χ2n) is 8.96. The van der Waals surface area contributed by atoms with Crippen LogP contribution in [-0.2, 0) is 17.7 Å². The van der Waals surface area contributed by atoms with Gasteiger partial charge >= 0.3 is 6.09 Å². The second-order valence-corrected chi connectivity index (χ2v) is 8.96. The molecule has 1 aliphatic rings. The van der Waals surface area contributed by atoms with Crippen LogP contribution in [0.1, 0.15) is 55.6 Å². The summed E-state index contributed by atoms with van der Waals surface area (Å²) in [6, 6.07) is 10.2. The first-order valence-corrected chi connectivity index (χ1v) is 10.4. The quantitative estimate of drug-likeness (QED) is 0.586. The zero-order valence-corrected chi connectivity index (χ0v) is 18.1. The summed E-state index contributed by atoms with van der Waals surface area (Å²) in [7, 11) is 0. The van der Waals surface area contributed by atoms with Crippen molar-refractivity contribution in [1.82, 2.24) is 9.88 Å². The number of nitrogens with zero attached hydrogens (tertiary/aromatic N) is 1. The molecule has 1 amide bonds. The fraction of sp³-hybridized carbons (Fsp3) is 0.360. The predicted octanol–water partition coefficient (Wildman–Crippen LogP) is 5.48. The molecule has 0 bridgehead atoms. The molecule has 0 saturated heterocycles. The van der Waals surface area contributed by atoms with Gasteiger partial charge in [-0.05, 0) is 81.5 Å². The van der Waals surface area contributed by atoms with Gasteiger partial charge in [-0.2, -0.15) is 0 Å². The fourth-order valence-corrected chi connectivity index (χ4v) is 4.31. The number of rotatable bonds is 4. The van der Waals surface area contributed by atoms with Crippen molar-refractivity contribution in [3.05, 3.63) is 53.6 Å². The Morgan fingerprint density at radius 2 is 1.87 bits per heavy atom. The third-order valence-electron chi connectivity index (χ3n) is 5.61. The van der Waals surface area contributed by atoms with Crippen molar-refractivity contribution in [2.75, 3.05) is 6.54 Å². The number of fused-ring (bicyclic) bond motifs is 5. The number of amides is 1. The summed E-state index contributed by atoms with van der Waals surface area (Å²) in [5, 5.41) is 5.13. The van der Waals surface area contributed by atoms with Crippen molar-refractivity contribution in [3.8, 4) is 0 Å². The number of alkyl carbamates (subject to hydrolysis) is 1. The van der Waals surface area contributed by atoms with Gasteiger partial charge in [0.1, 0.15) is 5.60 Å². The minimum absolute atomic E-state index is 0.0568. The summed E-state index contributed by atoms with van der Waals surface area (Å²) < 4.78 is 7.56. The molecule has 0 aliphatic heterocycles. The van der Waals surface area contributed by atoms with Crippen LogP contribution in [0.15, 0.2) is 36.9 Å². The number of ketones is 1. The Labute approximate surface area is 176 Å². The van der Waals surface area contributed by atoms with Gasteiger partial charge in [-0.1, -0.05) is 12.6 Å². The lowest BCUT2D eigenvalue weighted by Crippen LogP contribution is -2.34. The van der Waals surface area contributed by atoms with Crippen LogP contribution in [0, 0.1) is 0 Å². The fourth-order valence-electron chi connectivity index (χ4n) is 4.31. The summed E-state index contributed by atoms with van der Waals surface area (Å²) in [6.45, 7) is 12.4. The maximum absolute atomic E-state index is 12.0. The van der Waals surface area contributed by atoms with Crippen molar-refractivity contribution in [2.45, 2.75) is 52.7 Å². The molecule has 1 heterocycles. The van der Waals surface area contributed by atoms with Gasteiger partial charge in [0.2, 0.25) is 0 Å². The number of nitrogens with one attached hydrogen (secondary N) is 1. The van der Waals surface area contributed by atoms with E-state index < -0.39 is 11.7 Å². The molecule has 0 saturated carbocycles. The molecular formula is C25H28N2O3. The largest absolute Gasteiger partial charge is 0.444 e. The number of allylic oxidation sites excluding steroid dienone is 1. The average molecular weight is 405 g/mol. The average Bonchev–Trinajstić information content (AvgIpc) is 3.18. The van der Waals surface area contributed by atoms with E-state index in [4.69, 9.17) is 4.74 Å². The Hall–Kier alpha value is -3.08. The first-order valence-electron chi connectivity index (χ1n) is 10.4. The topological polar surface area (TPSA) is 60.3 Å². The number of Topliss-reactive ketones (excluding diaryl/α,β-unsaturated/α-hetero) is 1. The SMILES string of the molecule is C=C1CCc2c1ccc1c2c2cc(C(C)=O)ccc2n1CCNC(=O)OC(C)(C)C. The summed E-state index contributed by atoms with van der Waals surface area (Å²) >= 11 is 0. The van der Waals surface area contributed by atoms with Gasteiger partial charge in [0, 0.05) is 40.5 Å². The first-order chi connectivity index (χ1) is 14.2. The Kier molecular flexibility index (Phi) is 4.92. The summed E-state index contributed by atoms with van der Waals surface area (Å²) in [6.07, 6.45) is 1.51. The van der Waals surface area contributed by atoms with Crippen LogP contribution in [0.3, 0.4) is 0 Å². The summed E-state index contributed by atoms with van der Waals surface area (Å²) in [5.41, 5.74) is 6.06. The van der Waals surface area contributed by atoms with E-state index in [0.717, 1.165) is 29.3 Å². The van der Waals surface area contributed by atoms with E-state index in [9.17, 15) is 9.59 Å². The molecule has 0 atom stereocenters. The van der Waals surface area contributed by atoms with Crippen molar-refractivity contribution >= 4 is 39.3 Å². The Morgan fingerprint density at radius 1 is 1.13 bits per heavy atom. The number of aromatic nitrogens is 1. The molecule has 0 radical (unpaired) electrons. The van der Waals surface area contributed by atoms with Crippen LogP contribution in [0.25, 0.3) is 27.4 Å². The van der Waals surface area contributed by atoms with E-state index in [1.807, 2.05) is 39.0 Å². The number of hydrogen-bond acceptors (Lipinski definition) is 3. The Balaban J connectivity index is 1.76. The van der Waals surface area contributed by atoms with Gasteiger partial charge < -0.3 is 14.6 Å². The molecule has 30 heavy (non-hydrogen) atoms. The van der Waals surface area contributed by atoms with E-state index in [0.29, 0.717) is 18.7 Å². The molecule has 1 aromatic heterocycles. The first kappa shape index (κ1) is 20.2. The zero-order valence-electron chi connectivity index (χ0n) is 18.1. The molecule has 0 unspecified atom stereocenters. The molecular weight excluding hydrogens is 376 g/mol. The van der Waals surface area contributed by atoms with Crippen LogP contribution in [0.5, 0.6) is 0 Å². The second kappa shape index (κ2) is 7.31. The maximum Gasteiger partial charge on any atom is 0.407 e. The van der Waals surface area contributed by atoms with E-state index in [2.05, 4.69) is 28.6 Å². The highest BCUT2D eigenvalue weighted by molar-refractivity contribution is 6.13. The lowest BCUT2D eigenvalue weighted by Gasteiger charge is -2.19. The van der Waals surface area contributed by atoms with E-state index in [1.165, 1.54) is 22.1 Å². The van der Waals surface area contributed by atoms with Crippen LogP contribution < -0.4 is 5.32 Å². The van der Waals surface area contributed by atoms with Crippen LogP contribution in [0.2, 0.25) is 0 Å². The highest BCUT2D eigenvalue weighted by atomic mass is 16.6. The Bertz CT molecular complexity index is 1190. The lowest BCUT2D eigenvalue weighted by atomic mass is 10.0. The van der Waals surface area contributed by atoms with Crippen molar-refractivity contribution in [3.63, 3.8) is 0 Å². The normalized spacial score (nSPS) is 13.7. The van der Waals surface area contributed by atoms with Gasteiger partial charge in [0.15, 0.2) is 5.78 Å². The number of carbonyl (C=O) groups is 2. The smallest absolute Gasteiger partial charge is 0.407 e. The van der Waals surface area contributed by atoms with Gasteiger partial charge in [-0.3, -0.25) is 4.79 Å². The highest BCUT2D eigenvalue weighted by Gasteiger charge is 2.22.